The van der Waals surface area contributed by atoms with Gasteiger partial charge in [-0.2, -0.15) is 0 Å². The van der Waals surface area contributed by atoms with Crippen molar-refractivity contribution in [3.8, 4) is 0 Å². The van der Waals surface area contributed by atoms with Crippen molar-refractivity contribution < 1.29 is 0 Å². The molecule has 0 fully saturated rings. The van der Waals surface area contributed by atoms with Crippen molar-refractivity contribution in [2.24, 2.45) is 0 Å². The Morgan fingerprint density at radius 1 is 0.447 bits per heavy atom. The predicted octanol–water partition coefficient (Wildman–Crippen LogP) is 10.1. The van der Waals surface area contributed by atoms with E-state index in [1.807, 2.05) is 45.3 Å². The molecule has 0 spiro atoms. The summed E-state index contributed by atoms with van der Waals surface area (Å²) in [7, 11) is 0. The highest BCUT2D eigenvalue weighted by molar-refractivity contribution is 7.23. The summed E-state index contributed by atoms with van der Waals surface area (Å²) < 4.78 is 0. The molecule has 38 heavy (non-hydrogen) atoms. The predicted molar refractivity (Wildman–Crippen MR) is 176 cm³/mol. The molecule has 5 aromatic rings. The van der Waals surface area contributed by atoms with Crippen molar-refractivity contribution in [3.63, 3.8) is 0 Å². The molecule has 5 heteroatoms. The molecule has 1 aliphatic rings. The minimum absolute atomic E-state index is 0.182. The first-order valence-corrected chi connectivity index (χ1v) is 16.3. The summed E-state index contributed by atoms with van der Waals surface area (Å²) in [5.41, 5.74) is 11.4. The lowest BCUT2D eigenvalue weighted by Gasteiger charge is -2.21. The van der Waals surface area contributed by atoms with Gasteiger partial charge in [-0.3, -0.25) is 0 Å². The highest BCUT2D eigenvalue weighted by atomic mass is 32.1. The molecule has 0 aliphatic carbocycles. The average molecular weight is 567 g/mol. The largest absolute Gasteiger partial charge is 0.247 e. The zero-order valence-corrected chi connectivity index (χ0v) is 26.2. The van der Waals surface area contributed by atoms with Gasteiger partial charge in [0.25, 0.3) is 0 Å². The summed E-state index contributed by atoms with van der Waals surface area (Å²) in [6.07, 6.45) is 0. The van der Waals surface area contributed by atoms with Crippen LogP contribution in [0.3, 0.4) is 0 Å². The molecule has 0 unspecified atom stereocenters. The highest BCUT2D eigenvalue weighted by Gasteiger charge is 2.43. The second kappa shape index (κ2) is 9.95. The van der Waals surface area contributed by atoms with Gasteiger partial charge in [0.05, 0.1) is 0 Å². The molecule has 4 aromatic heterocycles. The Morgan fingerprint density at radius 2 is 0.789 bits per heavy atom. The minimum atomic E-state index is 0.182. The monoisotopic (exact) mass is 566 g/mol. The van der Waals surface area contributed by atoms with Gasteiger partial charge >= 0.3 is 0 Å². The molecule has 0 bridgehead atoms. The molecule has 0 nitrogen and oxygen atoms in total. The third-order valence-corrected chi connectivity index (χ3v) is 11.5. The lowest BCUT2D eigenvalue weighted by molar-refractivity contribution is 1.35. The van der Waals surface area contributed by atoms with Crippen LogP contribution >= 0.6 is 45.3 Å². The number of benzene rings is 1. The third-order valence-electron chi connectivity index (χ3n) is 7.38. The maximum absolute atomic E-state index is 2.37. The molecule has 0 amide bonds. The Bertz CT molecular complexity index is 1620. The van der Waals surface area contributed by atoms with E-state index in [0.29, 0.717) is 0 Å². The maximum atomic E-state index is 2.37. The molecule has 5 heterocycles. The van der Waals surface area contributed by atoms with E-state index in [1.54, 1.807) is 0 Å². The smallest absolute Gasteiger partial charge is 0.142 e. The van der Waals surface area contributed by atoms with Gasteiger partial charge in [-0.25, -0.2) is 0 Å². The van der Waals surface area contributed by atoms with Gasteiger partial charge in [-0.15, -0.1) is 45.3 Å². The minimum Gasteiger partial charge on any atom is -0.142 e. The second-order valence-electron chi connectivity index (χ2n) is 10.5. The van der Waals surface area contributed by atoms with Crippen LogP contribution in [0.1, 0.15) is 55.7 Å². The van der Waals surface area contributed by atoms with E-state index in [2.05, 4.69) is 109 Å². The highest BCUT2D eigenvalue weighted by Crippen LogP contribution is 2.54. The van der Waals surface area contributed by atoms with E-state index in [9.17, 15) is 0 Å². The molecular formula is C33H31BS4. The third kappa shape index (κ3) is 4.44. The van der Waals surface area contributed by atoms with Crippen molar-refractivity contribution in [1.82, 2.24) is 0 Å². The van der Waals surface area contributed by atoms with Crippen molar-refractivity contribution in [1.29, 1.82) is 0 Å². The van der Waals surface area contributed by atoms with Gasteiger partial charge in [-0.1, -0.05) is 34.3 Å². The van der Waals surface area contributed by atoms with Gasteiger partial charge in [0.1, 0.15) is 0 Å². The van der Waals surface area contributed by atoms with Crippen LogP contribution in [-0.2, 0) is 0 Å². The van der Waals surface area contributed by atoms with Crippen LogP contribution in [0.15, 0.2) is 60.7 Å². The van der Waals surface area contributed by atoms with Crippen molar-refractivity contribution in [3.05, 3.63) is 116 Å². The zero-order valence-electron chi connectivity index (χ0n) is 23.0. The molecule has 1 aliphatic heterocycles. The maximum Gasteiger partial charge on any atom is 0.247 e. The summed E-state index contributed by atoms with van der Waals surface area (Å²) in [6, 6.07) is 23.3. The van der Waals surface area contributed by atoms with Crippen LogP contribution in [0.5, 0.6) is 0 Å². The van der Waals surface area contributed by atoms with Gasteiger partial charge < -0.3 is 0 Å². The standard InChI is InChI=1S/C33H31BS4/c1-18-16-19(2)31(20(3)17-18)34-32(27-14-10-23(6)37-27)29(25-12-8-21(4)35-25)30(26-13-9-22(5)36-26)33(34)28-15-11-24(7)38-28/h8-17H,1-7H3. The first-order chi connectivity index (χ1) is 18.2. The van der Waals surface area contributed by atoms with Crippen molar-refractivity contribution >= 4 is 79.6 Å². The van der Waals surface area contributed by atoms with Gasteiger partial charge in [-0.05, 0) is 119 Å². The number of hydrogen-bond acceptors (Lipinski definition) is 4. The molecule has 0 atom stereocenters. The van der Waals surface area contributed by atoms with Gasteiger partial charge in [0.15, 0.2) is 0 Å². The summed E-state index contributed by atoms with van der Waals surface area (Å²) >= 11 is 7.72. The molecule has 190 valence electrons. The van der Waals surface area contributed by atoms with E-state index in [-0.39, 0.29) is 6.71 Å². The molecule has 6 rings (SSSR count). The number of hydrogen-bond donors (Lipinski definition) is 0. The number of rotatable bonds is 5. The van der Waals surface area contributed by atoms with Crippen molar-refractivity contribution in [2.75, 3.05) is 0 Å². The lowest BCUT2D eigenvalue weighted by atomic mass is 9.35. The van der Waals surface area contributed by atoms with Crippen LogP contribution in [-0.4, -0.2) is 6.71 Å². The topological polar surface area (TPSA) is 0 Å². The molecule has 0 saturated heterocycles. The number of aryl methyl sites for hydroxylation is 7. The Morgan fingerprint density at radius 3 is 1.11 bits per heavy atom. The fourth-order valence-electron chi connectivity index (χ4n) is 5.98. The molecule has 1 aromatic carbocycles. The fraction of sp³-hybridized carbons (Fsp3) is 0.212. The lowest BCUT2D eigenvalue weighted by Crippen LogP contribution is -2.36. The molecule has 0 radical (unpaired) electrons. The Balaban J connectivity index is 1.80. The molecule has 0 saturated carbocycles. The SMILES string of the molecule is Cc1cc(C)c(B2C(c3ccc(C)s3)=C(c3ccc(C)s3)C(c3ccc(C)s3)=C2c2ccc(C)s2)c(C)c1. The summed E-state index contributed by atoms with van der Waals surface area (Å²) in [5.74, 6) is 0. The van der Waals surface area contributed by atoms with Crippen molar-refractivity contribution in [2.45, 2.75) is 48.5 Å². The van der Waals surface area contributed by atoms with Gasteiger partial charge in [0.2, 0.25) is 6.71 Å². The second-order valence-corrected chi connectivity index (χ2v) is 15.6. The molecule has 0 N–H and O–H groups in total. The fourth-order valence-corrected chi connectivity index (χ4v) is 9.74. The molecular weight excluding hydrogens is 535 g/mol. The Kier molecular flexibility index (Phi) is 6.76. The normalized spacial score (nSPS) is 13.9. The summed E-state index contributed by atoms with van der Waals surface area (Å²) in [4.78, 5) is 11.0. The van der Waals surface area contributed by atoms with E-state index < -0.39 is 0 Å². The van der Waals surface area contributed by atoms with Crippen LogP contribution in [0.2, 0.25) is 0 Å². The van der Waals surface area contributed by atoms with Crippen LogP contribution in [0, 0.1) is 48.5 Å². The Labute approximate surface area is 243 Å². The van der Waals surface area contributed by atoms with Crippen LogP contribution < -0.4 is 5.46 Å². The Hall–Kier alpha value is -2.44. The first-order valence-electron chi connectivity index (χ1n) is 13.0. The number of allylic oxidation sites excluding steroid dienone is 2. The number of thiophene rings is 4. The average Bonchev–Trinajstić information content (AvgIpc) is 3.65. The zero-order chi connectivity index (χ0) is 26.7. The van der Waals surface area contributed by atoms with E-state index >= 15 is 0 Å². The van der Waals surface area contributed by atoms with Crippen LogP contribution in [0.4, 0.5) is 0 Å². The summed E-state index contributed by atoms with van der Waals surface area (Å²) in [6.45, 7) is 15.9. The summed E-state index contributed by atoms with van der Waals surface area (Å²) in [5, 5.41) is 0. The van der Waals surface area contributed by atoms with Gasteiger partial charge in [0, 0.05) is 39.0 Å². The first kappa shape index (κ1) is 25.8. The quantitative estimate of drug-likeness (QED) is 0.186. The van der Waals surface area contributed by atoms with E-state index in [0.717, 1.165) is 0 Å². The van der Waals surface area contributed by atoms with E-state index in [1.165, 1.54) is 83.3 Å². The van der Waals surface area contributed by atoms with Crippen LogP contribution in [0.25, 0.3) is 22.1 Å². The van der Waals surface area contributed by atoms with E-state index in [4.69, 9.17) is 0 Å².